The molecular weight excluding hydrogens is 389 g/mol. The smallest absolute Gasteiger partial charge is 0.130 e. The van der Waals surface area contributed by atoms with Gasteiger partial charge in [-0.1, -0.05) is 12.1 Å². The van der Waals surface area contributed by atoms with Crippen LogP contribution >= 0.6 is 22.6 Å². The van der Waals surface area contributed by atoms with Gasteiger partial charge in [0.05, 0.1) is 12.6 Å². The molecular formula is C17H22IN3O. The van der Waals surface area contributed by atoms with Gasteiger partial charge in [0.15, 0.2) is 0 Å². The first-order valence-electron chi connectivity index (χ1n) is 7.85. The predicted molar refractivity (Wildman–Crippen MR) is 95.8 cm³/mol. The van der Waals surface area contributed by atoms with E-state index in [1.54, 1.807) is 0 Å². The van der Waals surface area contributed by atoms with E-state index < -0.39 is 0 Å². The number of nitrogens with one attached hydrogen (secondary N) is 1. The second-order valence-electron chi connectivity index (χ2n) is 5.69. The Morgan fingerprint density at radius 3 is 2.91 bits per heavy atom. The Kier molecular flexibility index (Phi) is 5.49. The first kappa shape index (κ1) is 16.0. The topological polar surface area (TPSA) is 39.1 Å². The molecule has 0 saturated carbocycles. The van der Waals surface area contributed by atoms with Crippen molar-refractivity contribution in [2.24, 2.45) is 5.92 Å². The molecule has 118 valence electrons. The van der Waals surface area contributed by atoms with Crippen molar-refractivity contribution in [1.29, 1.82) is 0 Å². The number of rotatable bonds is 6. The summed E-state index contributed by atoms with van der Waals surface area (Å²) in [7, 11) is 0. The lowest BCUT2D eigenvalue weighted by atomic mass is 10.0. The zero-order valence-electron chi connectivity index (χ0n) is 12.8. The maximum atomic E-state index is 5.48. The van der Waals surface area contributed by atoms with Gasteiger partial charge in [0.2, 0.25) is 0 Å². The molecule has 0 spiro atoms. The van der Waals surface area contributed by atoms with E-state index in [2.05, 4.69) is 74.8 Å². The molecule has 1 fully saturated rings. The van der Waals surface area contributed by atoms with E-state index in [-0.39, 0.29) is 6.04 Å². The molecule has 2 atom stereocenters. The summed E-state index contributed by atoms with van der Waals surface area (Å²) in [6.07, 6.45) is 5.09. The molecule has 2 heterocycles. The molecule has 4 nitrogen and oxygen atoms in total. The van der Waals surface area contributed by atoms with Crippen LogP contribution in [0.25, 0.3) is 0 Å². The first-order valence-corrected chi connectivity index (χ1v) is 8.93. The number of halogens is 1. The van der Waals surface area contributed by atoms with Gasteiger partial charge in [-0.15, -0.1) is 0 Å². The number of imidazole rings is 1. The fourth-order valence-corrected chi connectivity index (χ4v) is 3.25. The summed E-state index contributed by atoms with van der Waals surface area (Å²) >= 11 is 2.34. The van der Waals surface area contributed by atoms with Crippen molar-refractivity contribution in [3.8, 4) is 0 Å². The normalized spacial score (nSPS) is 19.5. The summed E-state index contributed by atoms with van der Waals surface area (Å²) in [5.41, 5.74) is 1.26. The number of ether oxygens (including phenoxy) is 1. The summed E-state index contributed by atoms with van der Waals surface area (Å²) in [4.78, 5) is 4.60. The van der Waals surface area contributed by atoms with Crippen LogP contribution in [0.15, 0.2) is 36.7 Å². The third-order valence-electron chi connectivity index (χ3n) is 4.18. The number of hydrogen-bond donors (Lipinski definition) is 1. The SMILES string of the molecule is CCn1ccnc1[C@H](NC[C@H]1CCOC1)c1ccc(I)cc1. The minimum Gasteiger partial charge on any atom is -0.381 e. The molecule has 0 bridgehead atoms. The van der Waals surface area contributed by atoms with Crippen LogP contribution in [-0.2, 0) is 11.3 Å². The highest BCUT2D eigenvalue weighted by Gasteiger charge is 2.22. The zero-order chi connectivity index (χ0) is 15.4. The largest absolute Gasteiger partial charge is 0.381 e. The Labute approximate surface area is 145 Å². The number of nitrogens with zero attached hydrogens (tertiary/aromatic N) is 2. The van der Waals surface area contributed by atoms with Gasteiger partial charge in [-0.25, -0.2) is 4.98 Å². The summed E-state index contributed by atoms with van der Waals surface area (Å²) in [6.45, 7) is 5.82. The van der Waals surface area contributed by atoms with Crippen LogP contribution in [0.1, 0.15) is 30.8 Å². The summed E-state index contributed by atoms with van der Waals surface area (Å²) in [5.74, 6) is 1.69. The molecule has 1 aliphatic heterocycles. The van der Waals surface area contributed by atoms with E-state index in [9.17, 15) is 0 Å². The van der Waals surface area contributed by atoms with Gasteiger partial charge in [0, 0.05) is 35.7 Å². The third kappa shape index (κ3) is 3.70. The molecule has 1 aromatic heterocycles. The standard InChI is InChI=1S/C17H22IN3O/c1-2-21-9-8-19-17(21)16(14-3-5-15(18)6-4-14)20-11-13-7-10-22-12-13/h3-6,8-9,13,16,20H,2,7,10-12H2,1H3/t13-,16-/m1/s1. The number of hydrogen-bond acceptors (Lipinski definition) is 3. The maximum absolute atomic E-state index is 5.48. The van der Waals surface area contributed by atoms with Crippen molar-refractivity contribution >= 4 is 22.6 Å². The van der Waals surface area contributed by atoms with Gasteiger partial charge < -0.3 is 14.6 Å². The van der Waals surface area contributed by atoms with Crippen LogP contribution in [0.2, 0.25) is 0 Å². The van der Waals surface area contributed by atoms with Gasteiger partial charge in [0.25, 0.3) is 0 Å². The number of aromatic nitrogens is 2. The molecule has 1 N–H and O–H groups in total. The average molecular weight is 411 g/mol. The Morgan fingerprint density at radius 1 is 1.41 bits per heavy atom. The third-order valence-corrected chi connectivity index (χ3v) is 4.90. The van der Waals surface area contributed by atoms with Crippen molar-refractivity contribution in [1.82, 2.24) is 14.9 Å². The van der Waals surface area contributed by atoms with Crippen LogP contribution in [0.3, 0.4) is 0 Å². The molecule has 0 radical (unpaired) electrons. The predicted octanol–water partition coefficient (Wildman–Crippen LogP) is 3.22. The molecule has 0 amide bonds. The minimum atomic E-state index is 0.132. The van der Waals surface area contributed by atoms with E-state index in [0.717, 1.165) is 38.5 Å². The molecule has 0 aliphatic carbocycles. The number of aryl methyl sites for hydroxylation is 1. The van der Waals surface area contributed by atoms with Crippen LogP contribution in [0.4, 0.5) is 0 Å². The molecule has 0 unspecified atom stereocenters. The first-order chi connectivity index (χ1) is 10.8. The Balaban J connectivity index is 1.82. The van der Waals surface area contributed by atoms with Crippen molar-refractivity contribution in [2.75, 3.05) is 19.8 Å². The Bertz CT molecular complexity index is 590. The van der Waals surface area contributed by atoms with E-state index in [0.29, 0.717) is 5.92 Å². The molecule has 1 aliphatic rings. The summed E-state index contributed by atoms with van der Waals surface area (Å²) in [5, 5.41) is 3.71. The van der Waals surface area contributed by atoms with Crippen molar-refractivity contribution in [2.45, 2.75) is 25.9 Å². The lowest BCUT2D eigenvalue weighted by Gasteiger charge is -2.21. The summed E-state index contributed by atoms with van der Waals surface area (Å²) in [6, 6.07) is 8.83. The van der Waals surface area contributed by atoms with E-state index in [1.165, 1.54) is 9.13 Å². The van der Waals surface area contributed by atoms with Gasteiger partial charge >= 0.3 is 0 Å². The second kappa shape index (κ2) is 7.57. The van der Waals surface area contributed by atoms with Crippen LogP contribution in [-0.4, -0.2) is 29.3 Å². The van der Waals surface area contributed by atoms with Gasteiger partial charge in [-0.05, 0) is 59.5 Å². The molecule has 5 heteroatoms. The van der Waals surface area contributed by atoms with Crippen molar-refractivity contribution in [3.05, 3.63) is 51.6 Å². The highest BCUT2D eigenvalue weighted by Crippen LogP contribution is 2.23. The quantitative estimate of drug-likeness (QED) is 0.743. The lowest BCUT2D eigenvalue weighted by molar-refractivity contribution is 0.184. The Morgan fingerprint density at radius 2 is 2.23 bits per heavy atom. The molecule has 22 heavy (non-hydrogen) atoms. The average Bonchev–Trinajstić information content (AvgIpc) is 3.20. The highest BCUT2D eigenvalue weighted by atomic mass is 127. The summed E-state index contributed by atoms with van der Waals surface area (Å²) < 4.78 is 8.95. The lowest BCUT2D eigenvalue weighted by Crippen LogP contribution is -2.30. The zero-order valence-corrected chi connectivity index (χ0v) is 15.0. The Hall–Kier alpha value is -0.920. The van der Waals surface area contributed by atoms with E-state index in [1.807, 2.05) is 6.20 Å². The van der Waals surface area contributed by atoms with Gasteiger partial charge in [-0.2, -0.15) is 0 Å². The number of benzene rings is 1. The van der Waals surface area contributed by atoms with Crippen LogP contribution in [0, 0.1) is 9.49 Å². The monoisotopic (exact) mass is 411 g/mol. The molecule has 3 rings (SSSR count). The van der Waals surface area contributed by atoms with Crippen molar-refractivity contribution < 1.29 is 4.74 Å². The highest BCUT2D eigenvalue weighted by molar-refractivity contribution is 14.1. The molecule has 2 aromatic rings. The fourth-order valence-electron chi connectivity index (χ4n) is 2.89. The van der Waals surface area contributed by atoms with Crippen LogP contribution < -0.4 is 5.32 Å². The van der Waals surface area contributed by atoms with Crippen molar-refractivity contribution in [3.63, 3.8) is 0 Å². The fraction of sp³-hybridized carbons (Fsp3) is 0.471. The maximum Gasteiger partial charge on any atom is 0.130 e. The van der Waals surface area contributed by atoms with Crippen LogP contribution in [0.5, 0.6) is 0 Å². The van der Waals surface area contributed by atoms with E-state index in [4.69, 9.17) is 4.74 Å². The minimum absolute atomic E-state index is 0.132. The molecule has 1 saturated heterocycles. The van der Waals surface area contributed by atoms with E-state index >= 15 is 0 Å². The second-order valence-corrected chi connectivity index (χ2v) is 6.94. The van der Waals surface area contributed by atoms with Gasteiger partial charge in [0.1, 0.15) is 5.82 Å². The van der Waals surface area contributed by atoms with Gasteiger partial charge in [-0.3, -0.25) is 0 Å². The molecule has 1 aromatic carbocycles.